The van der Waals surface area contributed by atoms with Crippen molar-refractivity contribution in [2.24, 2.45) is 0 Å². The Bertz CT molecular complexity index is 368. The fourth-order valence-electron chi connectivity index (χ4n) is 1.52. The molecular weight excluding hydrogens is 261 g/mol. The molecule has 1 atom stereocenters. The SMILES string of the molecule is CNCC(O)c1cc(C)c(Br)c(F)c1C. The van der Waals surface area contributed by atoms with E-state index in [1.807, 2.05) is 13.0 Å². The van der Waals surface area contributed by atoms with Crippen LogP contribution in [-0.4, -0.2) is 18.7 Å². The first-order valence-corrected chi connectivity index (χ1v) is 5.56. The summed E-state index contributed by atoms with van der Waals surface area (Å²) in [4.78, 5) is 0. The van der Waals surface area contributed by atoms with Crippen molar-refractivity contribution in [1.29, 1.82) is 0 Å². The first-order chi connectivity index (χ1) is 6.99. The van der Waals surface area contributed by atoms with Gasteiger partial charge >= 0.3 is 0 Å². The smallest absolute Gasteiger partial charge is 0.140 e. The van der Waals surface area contributed by atoms with E-state index in [0.29, 0.717) is 22.1 Å². The van der Waals surface area contributed by atoms with E-state index in [4.69, 9.17) is 0 Å². The van der Waals surface area contributed by atoms with Gasteiger partial charge in [-0.3, -0.25) is 0 Å². The molecule has 0 saturated heterocycles. The molecule has 84 valence electrons. The van der Waals surface area contributed by atoms with E-state index in [-0.39, 0.29) is 5.82 Å². The third kappa shape index (κ3) is 2.56. The second-order valence-corrected chi connectivity index (χ2v) is 4.40. The minimum atomic E-state index is -0.670. The van der Waals surface area contributed by atoms with E-state index in [1.165, 1.54) is 0 Å². The molecule has 0 saturated carbocycles. The third-order valence-electron chi connectivity index (χ3n) is 2.43. The molecule has 0 aromatic heterocycles. The van der Waals surface area contributed by atoms with Gasteiger partial charge in [0.2, 0.25) is 0 Å². The van der Waals surface area contributed by atoms with Gasteiger partial charge in [-0.2, -0.15) is 0 Å². The van der Waals surface area contributed by atoms with Gasteiger partial charge in [-0.15, -0.1) is 0 Å². The fourth-order valence-corrected chi connectivity index (χ4v) is 1.93. The van der Waals surface area contributed by atoms with Crippen LogP contribution < -0.4 is 5.32 Å². The van der Waals surface area contributed by atoms with Crippen LogP contribution in [0, 0.1) is 19.7 Å². The molecule has 1 unspecified atom stereocenters. The normalized spacial score (nSPS) is 12.9. The van der Waals surface area contributed by atoms with Crippen LogP contribution in [0.25, 0.3) is 0 Å². The van der Waals surface area contributed by atoms with E-state index >= 15 is 0 Å². The number of aliphatic hydroxyl groups is 1. The fraction of sp³-hybridized carbons (Fsp3) is 0.455. The van der Waals surface area contributed by atoms with Crippen molar-refractivity contribution in [3.05, 3.63) is 33.0 Å². The number of rotatable bonds is 3. The van der Waals surface area contributed by atoms with Gasteiger partial charge < -0.3 is 10.4 Å². The Kier molecular flexibility index (Phi) is 4.25. The minimum absolute atomic E-state index is 0.292. The number of benzene rings is 1. The molecule has 0 aliphatic rings. The predicted octanol–water partition coefficient (Wildman–Crippen LogP) is 2.46. The molecule has 15 heavy (non-hydrogen) atoms. The van der Waals surface area contributed by atoms with Crippen LogP contribution in [0.3, 0.4) is 0 Å². The molecular formula is C11H15BrFNO. The first-order valence-electron chi connectivity index (χ1n) is 4.76. The summed E-state index contributed by atoms with van der Waals surface area (Å²) >= 11 is 3.18. The zero-order valence-corrected chi connectivity index (χ0v) is 10.7. The molecule has 4 heteroatoms. The maximum absolute atomic E-state index is 13.7. The van der Waals surface area contributed by atoms with Gasteiger partial charge in [0.25, 0.3) is 0 Å². The zero-order chi connectivity index (χ0) is 11.6. The summed E-state index contributed by atoms with van der Waals surface area (Å²) in [5.74, 6) is -0.292. The summed E-state index contributed by atoms with van der Waals surface area (Å²) < 4.78 is 14.1. The summed E-state index contributed by atoms with van der Waals surface area (Å²) in [6.45, 7) is 3.90. The second kappa shape index (κ2) is 5.05. The lowest BCUT2D eigenvalue weighted by Crippen LogP contribution is -2.18. The van der Waals surface area contributed by atoms with Gasteiger partial charge in [0.15, 0.2) is 0 Å². The second-order valence-electron chi connectivity index (χ2n) is 3.61. The Balaban J connectivity index is 3.19. The zero-order valence-electron chi connectivity index (χ0n) is 9.06. The maximum Gasteiger partial charge on any atom is 0.140 e. The highest BCUT2D eigenvalue weighted by Crippen LogP contribution is 2.28. The molecule has 1 aromatic rings. The minimum Gasteiger partial charge on any atom is -0.387 e. The number of halogens is 2. The highest BCUT2D eigenvalue weighted by molar-refractivity contribution is 9.10. The molecule has 0 fully saturated rings. The summed E-state index contributed by atoms with van der Waals surface area (Å²) in [5, 5.41) is 12.7. The van der Waals surface area contributed by atoms with Gasteiger partial charge in [-0.05, 0) is 53.5 Å². The number of aryl methyl sites for hydroxylation is 1. The third-order valence-corrected chi connectivity index (χ3v) is 3.40. The van der Waals surface area contributed by atoms with Crippen LogP contribution >= 0.6 is 15.9 Å². The molecule has 1 aromatic carbocycles. The van der Waals surface area contributed by atoms with Crippen molar-refractivity contribution in [2.75, 3.05) is 13.6 Å². The molecule has 0 heterocycles. The summed E-state index contributed by atoms with van der Waals surface area (Å²) in [5.41, 5.74) is 1.93. The van der Waals surface area contributed by atoms with Crippen LogP contribution in [0.2, 0.25) is 0 Å². The lowest BCUT2D eigenvalue weighted by molar-refractivity contribution is 0.176. The number of likely N-dealkylation sites (N-methyl/N-ethyl adjacent to an activating group) is 1. The molecule has 0 bridgehead atoms. The van der Waals surface area contributed by atoms with Crippen molar-refractivity contribution >= 4 is 15.9 Å². The molecule has 2 nitrogen and oxygen atoms in total. The Hall–Kier alpha value is -0.450. The summed E-state index contributed by atoms with van der Waals surface area (Å²) in [6, 6.07) is 1.81. The molecule has 0 spiro atoms. The lowest BCUT2D eigenvalue weighted by atomic mass is 10.00. The highest BCUT2D eigenvalue weighted by Gasteiger charge is 2.16. The lowest BCUT2D eigenvalue weighted by Gasteiger charge is -2.16. The van der Waals surface area contributed by atoms with Crippen LogP contribution in [0.15, 0.2) is 10.5 Å². The first kappa shape index (κ1) is 12.6. The van der Waals surface area contributed by atoms with E-state index < -0.39 is 6.10 Å². The Morgan fingerprint density at radius 1 is 1.53 bits per heavy atom. The Morgan fingerprint density at radius 3 is 2.67 bits per heavy atom. The molecule has 0 amide bonds. The van der Waals surface area contributed by atoms with Crippen molar-refractivity contribution in [3.63, 3.8) is 0 Å². The average molecular weight is 276 g/mol. The van der Waals surface area contributed by atoms with Gasteiger partial charge in [-0.1, -0.05) is 6.07 Å². The maximum atomic E-state index is 13.7. The van der Waals surface area contributed by atoms with Crippen LogP contribution in [0.5, 0.6) is 0 Å². The van der Waals surface area contributed by atoms with E-state index in [1.54, 1.807) is 14.0 Å². The Labute approximate surface area is 97.6 Å². The number of hydrogen-bond acceptors (Lipinski definition) is 2. The Morgan fingerprint density at radius 2 is 2.13 bits per heavy atom. The van der Waals surface area contributed by atoms with Crippen molar-refractivity contribution in [1.82, 2.24) is 5.32 Å². The largest absolute Gasteiger partial charge is 0.387 e. The van der Waals surface area contributed by atoms with Crippen LogP contribution in [0.1, 0.15) is 22.8 Å². The van der Waals surface area contributed by atoms with Gasteiger partial charge in [0.1, 0.15) is 5.82 Å². The van der Waals surface area contributed by atoms with Crippen molar-refractivity contribution in [2.45, 2.75) is 20.0 Å². The van der Waals surface area contributed by atoms with Gasteiger partial charge in [0.05, 0.1) is 10.6 Å². The average Bonchev–Trinajstić information content (AvgIpc) is 2.20. The number of hydrogen-bond donors (Lipinski definition) is 2. The van der Waals surface area contributed by atoms with Crippen LogP contribution in [0.4, 0.5) is 4.39 Å². The monoisotopic (exact) mass is 275 g/mol. The molecule has 1 rings (SSSR count). The number of nitrogens with one attached hydrogen (secondary N) is 1. The molecule has 0 aliphatic carbocycles. The van der Waals surface area contributed by atoms with Crippen molar-refractivity contribution in [3.8, 4) is 0 Å². The van der Waals surface area contributed by atoms with Crippen molar-refractivity contribution < 1.29 is 9.50 Å². The predicted molar refractivity (Wildman–Crippen MR) is 62.5 cm³/mol. The highest BCUT2D eigenvalue weighted by atomic mass is 79.9. The summed E-state index contributed by atoms with van der Waals surface area (Å²) in [6.07, 6.45) is -0.670. The summed E-state index contributed by atoms with van der Waals surface area (Å²) in [7, 11) is 1.75. The topological polar surface area (TPSA) is 32.3 Å². The quantitative estimate of drug-likeness (QED) is 0.888. The molecule has 2 N–H and O–H groups in total. The standard InChI is InChI=1S/C11H15BrFNO/c1-6-4-8(9(15)5-14-3)7(2)11(13)10(6)12/h4,9,14-15H,5H2,1-3H3. The van der Waals surface area contributed by atoms with E-state index in [9.17, 15) is 9.50 Å². The van der Waals surface area contributed by atoms with Crippen LogP contribution in [-0.2, 0) is 0 Å². The van der Waals surface area contributed by atoms with Gasteiger partial charge in [-0.25, -0.2) is 4.39 Å². The van der Waals surface area contributed by atoms with E-state index in [0.717, 1.165) is 5.56 Å². The van der Waals surface area contributed by atoms with Gasteiger partial charge in [0, 0.05) is 6.54 Å². The molecule has 0 aliphatic heterocycles. The van der Waals surface area contributed by atoms with E-state index in [2.05, 4.69) is 21.2 Å². The molecule has 0 radical (unpaired) electrons. The number of aliphatic hydroxyl groups excluding tert-OH is 1.